The van der Waals surface area contributed by atoms with Gasteiger partial charge in [-0.25, -0.2) is 8.42 Å². The zero-order valence-corrected chi connectivity index (χ0v) is 23.3. The molecule has 0 saturated heterocycles. The van der Waals surface area contributed by atoms with Crippen molar-refractivity contribution in [2.45, 2.75) is 70.4 Å². The highest BCUT2D eigenvalue weighted by atomic mass is 35.5. The van der Waals surface area contributed by atoms with Crippen LogP contribution in [-0.4, -0.2) is 56.6 Å². The van der Waals surface area contributed by atoms with Gasteiger partial charge in [0, 0.05) is 30.6 Å². The van der Waals surface area contributed by atoms with Gasteiger partial charge in [0.15, 0.2) is 0 Å². The Morgan fingerprint density at radius 1 is 1.03 bits per heavy atom. The number of carbonyl (C=O) groups excluding carboxylic acids is 2. The summed E-state index contributed by atoms with van der Waals surface area (Å²) in [6.45, 7) is 2.50. The van der Waals surface area contributed by atoms with E-state index in [-0.39, 0.29) is 30.8 Å². The molecule has 0 heterocycles. The molecule has 2 aromatic rings. The summed E-state index contributed by atoms with van der Waals surface area (Å²) in [7, 11) is -3.54. The van der Waals surface area contributed by atoms with E-state index in [1.165, 1.54) is 4.31 Å². The van der Waals surface area contributed by atoms with Crippen molar-refractivity contribution in [3.05, 3.63) is 65.2 Å². The van der Waals surface area contributed by atoms with Gasteiger partial charge in [0.1, 0.15) is 6.04 Å². The minimum Gasteiger partial charge on any atom is -0.352 e. The second-order valence-corrected chi connectivity index (χ2v) is 12.0. The molecule has 9 heteroatoms. The molecule has 2 aromatic carbocycles. The van der Waals surface area contributed by atoms with Crippen molar-refractivity contribution in [3.63, 3.8) is 0 Å². The van der Waals surface area contributed by atoms with E-state index >= 15 is 0 Å². The molecule has 0 unspecified atom stereocenters. The summed E-state index contributed by atoms with van der Waals surface area (Å²) in [6.07, 6.45) is 6.96. The third-order valence-electron chi connectivity index (χ3n) is 6.84. The van der Waals surface area contributed by atoms with E-state index in [2.05, 4.69) is 5.32 Å². The van der Waals surface area contributed by atoms with E-state index in [1.54, 1.807) is 29.2 Å². The summed E-state index contributed by atoms with van der Waals surface area (Å²) in [4.78, 5) is 28.4. The lowest BCUT2D eigenvalue weighted by Gasteiger charge is -2.32. The third kappa shape index (κ3) is 8.75. The first-order chi connectivity index (χ1) is 17.7. The van der Waals surface area contributed by atoms with Crippen molar-refractivity contribution in [1.29, 1.82) is 0 Å². The Bertz CT molecular complexity index is 1120. The number of rotatable bonds is 13. The van der Waals surface area contributed by atoms with Crippen LogP contribution in [0.25, 0.3) is 0 Å². The number of nitrogens with one attached hydrogen (secondary N) is 1. The van der Waals surface area contributed by atoms with Crippen LogP contribution in [0.4, 0.5) is 5.69 Å². The molecule has 0 bridgehead atoms. The molecule has 37 heavy (non-hydrogen) atoms. The minimum absolute atomic E-state index is 0.102. The van der Waals surface area contributed by atoms with Gasteiger partial charge in [-0.1, -0.05) is 61.7 Å². The zero-order chi connectivity index (χ0) is 26.8. The first kappa shape index (κ1) is 29.0. The van der Waals surface area contributed by atoms with Gasteiger partial charge < -0.3 is 10.2 Å². The number of anilines is 1. The summed E-state index contributed by atoms with van der Waals surface area (Å²) in [5.41, 5.74) is 1.60. The summed E-state index contributed by atoms with van der Waals surface area (Å²) in [5, 5.41) is 3.67. The fourth-order valence-corrected chi connectivity index (χ4v) is 5.97. The summed E-state index contributed by atoms with van der Waals surface area (Å²) in [6, 6.07) is 16.1. The lowest BCUT2D eigenvalue weighted by Crippen LogP contribution is -2.52. The Hall–Kier alpha value is -2.58. The van der Waals surface area contributed by atoms with Crippen molar-refractivity contribution in [2.75, 3.05) is 23.7 Å². The molecule has 1 N–H and O–H groups in total. The smallest absolute Gasteiger partial charge is 0.243 e. The molecule has 3 rings (SSSR count). The standard InChI is InChI=1S/C28H38ClN3O4S/c1-3-26(28(34)30-24-12-7-8-13-24)31(21-19-22-10-5-4-6-11-22)27(33)14-9-20-32(37(2,35)36)25-17-15-23(29)16-18-25/h4-6,10-11,15-18,24,26H,3,7-9,12-14,19-21H2,1-2H3,(H,30,34)/t26-/m0/s1. The number of sulfonamides is 1. The number of amides is 2. The van der Waals surface area contributed by atoms with Gasteiger partial charge in [0.2, 0.25) is 21.8 Å². The third-order valence-corrected chi connectivity index (χ3v) is 8.28. The van der Waals surface area contributed by atoms with E-state index in [0.717, 1.165) is 37.5 Å². The maximum absolute atomic E-state index is 13.5. The van der Waals surface area contributed by atoms with Gasteiger partial charge in [0.25, 0.3) is 0 Å². The average molecular weight is 548 g/mol. The molecular formula is C28H38ClN3O4S. The van der Waals surface area contributed by atoms with Crippen LogP contribution in [0.5, 0.6) is 0 Å². The van der Waals surface area contributed by atoms with Gasteiger partial charge in [0.05, 0.1) is 11.9 Å². The monoisotopic (exact) mass is 547 g/mol. The van der Waals surface area contributed by atoms with Crippen molar-refractivity contribution in [3.8, 4) is 0 Å². The molecule has 0 aliphatic heterocycles. The predicted octanol–water partition coefficient (Wildman–Crippen LogP) is 4.79. The van der Waals surface area contributed by atoms with Crippen molar-refractivity contribution < 1.29 is 18.0 Å². The van der Waals surface area contributed by atoms with Gasteiger partial charge in [-0.3, -0.25) is 13.9 Å². The van der Waals surface area contributed by atoms with Crippen LogP contribution in [0.15, 0.2) is 54.6 Å². The van der Waals surface area contributed by atoms with Gasteiger partial charge in [-0.05, 0) is 61.9 Å². The van der Waals surface area contributed by atoms with E-state index in [0.29, 0.717) is 36.5 Å². The highest BCUT2D eigenvalue weighted by Crippen LogP contribution is 2.22. The highest BCUT2D eigenvalue weighted by molar-refractivity contribution is 7.92. The molecule has 2 amide bonds. The predicted molar refractivity (Wildman–Crippen MR) is 149 cm³/mol. The SMILES string of the molecule is CC[C@@H](C(=O)NC1CCCC1)N(CCc1ccccc1)C(=O)CCCN(c1ccc(Cl)cc1)S(C)(=O)=O. The quantitative estimate of drug-likeness (QED) is 0.390. The molecule has 0 spiro atoms. The largest absolute Gasteiger partial charge is 0.352 e. The normalized spacial score (nSPS) is 14.8. The topological polar surface area (TPSA) is 86.8 Å². The number of benzene rings is 2. The van der Waals surface area contributed by atoms with Crippen molar-refractivity contribution in [2.24, 2.45) is 0 Å². The minimum atomic E-state index is -3.54. The maximum atomic E-state index is 13.5. The Balaban J connectivity index is 1.70. The maximum Gasteiger partial charge on any atom is 0.243 e. The Morgan fingerprint density at radius 3 is 2.27 bits per heavy atom. The van der Waals surface area contributed by atoms with Crippen LogP contribution in [0.3, 0.4) is 0 Å². The fourth-order valence-electron chi connectivity index (χ4n) is 4.87. The van der Waals surface area contributed by atoms with Crippen LogP contribution in [0.1, 0.15) is 57.4 Å². The first-order valence-electron chi connectivity index (χ1n) is 13.1. The lowest BCUT2D eigenvalue weighted by molar-refractivity contribution is -0.141. The summed E-state index contributed by atoms with van der Waals surface area (Å²) in [5.74, 6) is -0.247. The Morgan fingerprint density at radius 2 is 1.68 bits per heavy atom. The molecule has 202 valence electrons. The first-order valence-corrected chi connectivity index (χ1v) is 15.3. The average Bonchev–Trinajstić information content (AvgIpc) is 3.38. The van der Waals surface area contributed by atoms with Gasteiger partial charge in [-0.15, -0.1) is 0 Å². The molecule has 1 atom stereocenters. The Labute approximate surface area is 226 Å². The summed E-state index contributed by atoms with van der Waals surface area (Å²) < 4.78 is 26.2. The number of nitrogens with zero attached hydrogens (tertiary/aromatic N) is 2. The van der Waals surface area contributed by atoms with Crippen LogP contribution in [0, 0.1) is 0 Å². The lowest BCUT2D eigenvalue weighted by atomic mass is 10.1. The molecule has 7 nitrogen and oxygen atoms in total. The number of halogens is 1. The molecule has 0 radical (unpaired) electrons. The van der Waals surface area contributed by atoms with Crippen LogP contribution < -0.4 is 9.62 Å². The second-order valence-electron chi connectivity index (χ2n) is 9.65. The molecule has 1 aliphatic carbocycles. The second kappa shape index (κ2) is 13.8. The van der Waals surface area contributed by atoms with E-state index < -0.39 is 16.1 Å². The van der Waals surface area contributed by atoms with Crippen LogP contribution in [0.2, 0.25) is 5.02 Å². The van der Waals surface area contributed by atoms with E-state index in [1.807, 2.05) is 37.3 Å². The van der Waals surface area contributed by atoms with Crippen LogP contribution in [-0.2, 0) is 26.0 Å². The molecule has 1 saturated carbocycles. The van der Waals surface area contributed by atoms with Gasteiger partial charge in [-0.2, -0.15) is 0 Å². The number of hydrogen-bond acceptors (Lipinski definition) is 4. The summed E-state index contributed by atoms with van der Waals surface area (Å²) >= 11 is 5.96. The Kier molecular flexibility index (Phi) is 10.8. The molecule has 0 aromatic heterocycles. The number of hydrogen-bond donors (Lipinski definition) is 1. The molecule has 1 fully saturated rings. The van der Waals surface area contributed by atoms with E-state index in [4.69, 9.17) is 11.6 Å². The number of carbonyl (C=O) groups is 2. The molecular weight excluding hydrogens is 510 g/mol. The van der Waals surface area contributed by atoms with Gasteiger partial charge >= 0.3 is 0 Å². The highest BCUT2D eigenvalue weighted by Gasteiger charge is 2.30. The van der Waals surface area contributed by atoms with Crippen molar-refractivity contribution in [1.82, 2.24) is 10.2 Å². The van der Waals surface area contributed by atoms with E-state index in [9.17, 15) is 18.0 Å². The fraction of sp³-hybridized carbons (Fsp3) is 0.500. The van der Waals surface area contributed by atoms with Crippen LogP contribution >= 0.6 is 11.6 Å². The van der Waals surface area contributed by atoms with Crippen molar-refractivity contribution >= 4 is 39.1 Å². The molecule has 1 aliphatic rings. The zero-order valence-electron chi connectivity index (χ0n) is 21.7.